The molecule has 1 amide bonds. The molecule has 1 aromatic rings. The average molecular weight is 294 g/mol. The number of carbonyl (C=O) groups excluding carboxylic acids is 1. The van der Waals surface area contributed by atoms with Crippen LogP contribution >= 0.6 is 11.8 Å². The van der Waals surface area contributed by atoms with E-state index in [-0.39, 0.29) is 17.2 Å². The van der Waals surface area contributed by atoms with Gasteiger partial charge in [0.15, 0.2) is 0 Å². The second-order valence-corrected chi connectivity index (χ2v) is 7.01. The molecule has 112 valence electrons. The first-order valence-electron chi connectivity index (χ1n) is 7.20. The van der Waals surface area contributed by atoms with E-state index in [9.17, 15) is 4.79 Å². The predicted molar refractivity (Wildman–Crippen MR) is 86.8 cm³/mol. The highest BCUT2D eigenvalue weighted by atomic mass is 32.2. The van der Waals surface area contributed by atoms with Gasteiger partial charge >= 0.3 is 0 Å². The number of benzene rings is 1. The van der Waals surface area contributed by atoms with Crippen molar-refractivity contribution in [1.82, 2.24) is 5.32 Å². The molecule has 2 unspecified atom stereocenters. The number of carbonyl (C=O) groups is 1. The Morgan fingerprint density at radius 1 is 1.20 bits per heavy atom. The van der Waals surface area contributed by atoms with Gasteiger partial charge in [0.25, 0.3) is 0 Å². The molecule has 0 radical (unpaired) electrons. The quantitative estimate of drug-likeness (QED) is 0.758. The van der Waals surface area contributed by atoms with Crippen molar-refractivity contribution in [2.45, 2.75) is 50.3 Å². The highest BCUT2D eigenvalue weighted by Gasteiger charge is 2.14. The molecule has 0 saturated heterocycles. The molecular formula is C16H26N2OS. The molecule has 0 saturated carbocycles. The summed E-state index contributed by atoms with van der Waals surface area (Å²) in [5, 5.41) is 2.90. The van der Waals surface area contributed by atoms with E-state index in [1.165, 1.54) is 0 Å². The predicted octanol–water partition coefficient (Wildman–Crippen LogP) is 3.35. The molecule has 0 aromatic heterocycles. The van der Waals surface area contributed by atoms with Crippen molar-refractivity contribution in [2.75, 3.05) is 6.54 Å². The SMILES string of the molecule is CC(C)CCNC(=O)C(C)Sc1ccc(C(C)N)cc1. The number of amides is 1. The minimum Gasteiger partial charge on any atom is -0.355 e. The van der Waals surface area contributed by atoms with Crippen molar-refractivity contribution >= 4 is 17.7 Å². The summed E-state index contributed by atoms with van der Waals surface area (Å²) in [5.41, 5.74) is 6.94. The third-order valence-electron chi connectivity index (χ3n) is 3.11. The summed E-state index contributed by atoms with van der Waals surface area (Å²) >= 11 is 1.58. The molecule has 20 heavy (non-hydrogen) atoms. The molecule has 2 atom stereocenters. The Morgan fingerprint density at radius 2 is 1.80 bits per heavy atom. The lowest BCUT2D eigenvalue weighted by molar-refractivity contribution is -0.120. The standard InChI is InChI=1S/C16H26N2OS/c1-11(2)9-10-18-16(19)13(4)20-15-7-5-14(6-8-15)12(3)17/h5-8,11-13H,9-10,17H2,1-4H3,(H,18,19). The Bertz CT molecular complexity index is 415. The Kier molecular flexibility index (Phi) is 7.10. The van der Waals surface area contributed by atoms with Gasteiger partial charge in [0.2, 0.25) is 5.91 Å². The van der Waals surface area contributed by atoms with E-state index in [1.54, 1.807) is 11.8 Å². The molecular weight excluding hydrogens is 268 g/mol. The summed E-state index contributed by atoms with van der Waals surface area (Å²) < 4.78 is 0. The summed E-state index contributed by atoms with van der Waals surface area (Å²) in [6.45, 7) is 8.97. The molecule has 3 nitrogen and oxygen atoms in total. The van der Waals surface area contributed by atoms with Crippen molar-refractivity contribution in [3.05, 3.63) is 29.8 Å². The Labute approximate surface area is 126 Å². The molecule has 0 heterocycles. The van der Waals surface area contributed by atoms with Gasteiger partial charge in [-0.05, 0) is 43.9 Å². The Balaban J connectivity index is 2.44. The molecule has 0 aliphatic heterocycles. The van der Waals surface area contributed by atoms with Gasteiger partial charge in [0, 0.05) is 17.5 Å². The highest BCUT2D eigenvalue weighted by Crippen LogP contribution is 2.24. The summed E-state index contributed by atoms with van der Waals surface area (Å²) in [7, 11) is 0. The first kappa shape index (κ1) is 17.1. The van der Waals surface area contributed by atoms with Crippen LogP contribution in [0.5, 0.6) is 0 Å². The fourth-order valence-electron chi connectivity index (χ4n) is 1.74. The van der Waals surface area contributed by atoms with Crippen LogP contribution in [0.1, 0.15) is 45.7 Å². The van der Waals surface area contributed by atoms with Crippen molar-refractivity contribution in [3.8, 4) is 0 Å². The third-order valence-corrected chi connectivity index (χ3v) is 4.22. The maximum atomic E-state index is 12.0. The summed E-state index contributed by atoms with van der Waals surface area (Å²) in [6, 6.07) is 8.15. The topological polar surface area (TPSA) is 55.1 Å². The second-order valence-electron chi connectivity index (χ2n) is 5.59. The van der Waals surface area contributed by atoms with E-state index in [2.05, 4.69) is 19.2 Å². The minimum atomic E-state index is -0.0803. The molecule has 3 N–H and O–H groups in total. The van der Waals surface area contributed by atoms with Crippen LogP contribution in [0.25, 0.3) is 0 Å². The van der Waals surface area contributed by atoms with Gasteiger partial charge in [-0.3, -0.25) is 4.79 Å². The van der Waals surface area contributed by atoms with Crippen molar-refractivity contribution in [3.63, 3.8) is 0 Å². The van der Waals surface area contributed by atoms with Crippen LogP contribution in [-0.2, 0) is 4.79 Å². The zero-order valence-corrected chi connectivity index (χ0v) is 13.7. The number of nitrogens with one attached hydrogen (secondary N) is 1. The number of rotatable bonds is 7. The van der Waals surface area contributed by atoms with Crippen LogP contribution in [0.3, 0.4) is 0 Å². The van der Waals surface area contributed by atoms with Gasteiger partial charge < -0.3 is 11.1 Å². The third kappa shape index (κ3) is 5.97. The van der Waals surface area contributed by atoms with Crippen molar-refractivity contribution in [2.24, 2.45) is 11.7 Å². The highest BCUT2D eigenvalue weighted by molar-refractivity contribution is 8.00. The van der Waals surface area contributed by atoms with E-state index in [4.69, 9.17) is 5.73 Å². The van der Waals surface area contributed by atoms with Crippen LogP contribution in [0.15, 0.2) is 29.2 Å². The first-order valence-corrected chi connectivity index (χ1v) is 8.08. The lowest BCUT2D eigenvalue weighted by Gasteiger charge is -2.13. The Hall–Kier alpha value is -1.00. The van der Waals surface area contributed by atoms with E-state index in [0.717, 1.165) is 23.4 Å². The number of hydrogen-bond acceptors (Lipinski definition) is 3. The van der Waals surface area contributed by atoms with Crippen LogP contribution in [0.2, 0.25) is 0 Å². The zero-order chi connectivity index (χ0) is 15.1. The maximum absolute atomic E-state index is 12.0. The monoisotopic (exact) mass is 294 g/mol. The van der Waals surface area contributed by atoms with Gasteiger partial charge in [-0.25, -0.2) is 0 Å². The Morgan fingerprint density at radius 3 is 2.30 bits per heavy atom. The molecule has 4 heteroatoms. The molecule has 0 aliphatic carbocycles. The summed E-state index contributed by atoms with van der Waals surface area (Å²) in [4.78, 5) is 13.1. The van der Waals surface area contributed by atoms with E-state index in [0.29, 0.717) is 5.92 Å². The largest absolute Gasteiger partial charge is 0.355 e. The van der Waals surface area contributed by atoms with Crippen LogP contribution in [0.4, 0.5) is 0 Å². The van der Waals surface area contributed by atoms with Crippen molar-refractivity contribution < 1.29 is 4.79 Å². The van der Waals surface area contributed by atoms with Crippen molar-refractivity contribution in [1.29, 1.82) is 0 Å². The first-order chi connectivity index (χ1) is 9.40. The van der Waals surface area contributed by atoms with Crippen LogP contribution in [-0.4, -0.2) is 17.7 Å². The summed E-state index contributed by atoms with van der Waals surface area (Å²) in [6.07, 6.45) is 1.02. The molecule has 0 spiro atoms. The minimum absolute atomic E-state index is 0.0470. The fraction of sp³-hybridized carbons (Fsp3) is 0.562. The smallest absolute Gasteiger partial charge is 0.233 e. The molecule has 1 aromatic carbocycles. The normalized spacial score (nSPS) is 14.1. The van der Waals surface area contributed by atoms with Gasteiger partial charge in [0.05, 0.1) is 5.25 Å². The van der Waals surface area contributed by atoms with E-state index >= 15 is 0 Å². The zero-order valence-electron chi connectivity index (χ0n) is 12.8. The maximum Gasteiger partial charge on any atom is 0.233 e. The molecule has 0 aliphatic rings. The van der Waals surface area contributed by atoms with Gasteiger partial charge in [-0.15, -0.1) is 11.8 Å². The number of hydrogen-bond donors (Lipinski definition) is 2. The molecule has 0 bridgehead atoms. The molecule has 0 fully saturated rings. The van der Waals surface area contributed by atoms with Crippen LogP contribution < -0.4 is 11.1 Å². The average Bonchev–Trinajstić information content (AvgIpc) is 2.38. The summed E-state index contributed by atoms with van der Waals surface area (Å²) in [5.74, 6) is 0.718. The number of nitrogens with two attached hydrogens (primary N) is 1. The van der Waals surface area contributed by atoms with Crippen LogP contribution in [0, 0.1) is 5.92 Å². The molecule has 1 rings (SSSR count). The fourth-order valence-corrected chi connectivity index (χ4v) is 2.63. The lowest BCUT2D eigenvalue weighted by Crippen LogP contribution is -2.32. The number of thioether (sulfide) groups is 1. The van der Waals surface area contributed by atoms with Gasteiger partial charge in [-0.2, -0.15) is 0 Å². The van der Waals surface area contributed by atoms with E-state index in [1.807, 2.05) is 38.1 Å². The van der Waals surface area contributed by atoms with Gasteiger partial charge in [-0.1, -0.05) is 26.0 Å². The van der Waals surface area contributed by atoms with Gasteiger partial charge in [0.1, 0.15) is 0 Å². The lowest BCUT2D eigenvalue weighted by atomic mass is 10.1. The van der Waals surface area contributed by atoms with E-state index < -0.39 is 0 Å². The second kappa shape index (κ2) is 8.32.